The Labute approximate surface area is 139 Å². The average molecular weight is 320 g/mol. The molecule has 3 rings (SSSR count). The van der Waals surface area contributed by atoms with E-state index >= 15 is 0 Å². The van der Waals surface area contributed by atoms with E-state index in [9.17, 15) is 15.2 Å². The highest BCUT2D eigenvalue weighted by atomic mass is 16.5. The van der Waals surface area contributed by atoms with E-state index in [1.807, 2.05) is 25.1 Å². The van der Waals surface area contributed by atoms with Gasteiger partial charge in [0.05, 0.1) is 7.11 Å². The summed E-state index contributed by atoms with van der Waals surface area (Å²) in [7, 11) is 1.55. The second kappa shape index (κ2) is 5.84. The predicted octanol–water partition coefficient (Wildman–Crippen LogP) is 2.26. The molecule has 0 spiro atoms. The molecule has 0 aromatic heterocycles. The number of hydrogen-bond acceptors (Lipinski definition) is 4. The molecule has 0 fully saturated rings. The summed E-state index contributed by atoms with van der Waals surface area (Å²) in [4.78, 5) is 12.2. The first-order valence-corrected chi connectivity index (χ1v) is 7.41. The van der Waals surface area contributed by atoms with Gasteiger partial charge in [-0.3, -0.25) is 4.79 Å². The van der Waals surface area contributed by atoms with Crippen molar-refractivity contribution in [2.75, 3.05) is 7.11 Å². The van der Waals surface area contributed by atoms with Gasteiger partial charge in [-0.25, -0.2) is 0 Å². The van der Waals surface area contributed by atoms with E-state index in [-0.39, 0.29) is 11.1 Å². The number of hydrogen-bond donors (Lipinski definition) is 2. The molecule has 5 heteroatoms. The lowest BCUT2D eigenvalue weighted by Crippen LogP contribution is -2.41. The molecule has 0 radical (unpaired) electrons. The number of ether oxygens (including phenoxy) is 1. The fourth-order valence-corrected chi connectivity index (χ4v) is 2.81. The molecule has 0 saturated carbocycles. The van der Waals surface area contributed by atoms with E-state index in [1.54, 1.807) is 43.5 Å². The molecular weight excluding hydrogens is 304 g/mol. The number of aliphatic hydroxyl groups is 1. The van der Waals surface area contributed by atoms with Crippen molar-refractivity contribution < 1.29 is 14.6 Å². The van der Waals surface area contributed by atoms with Crippen LogP contribution in [0, 0.1) is 18.3 Å². The van der Waals surface area contributed by atoms with Crippen LogP contribution < -0.4 is 10.1 Å². The molecule has 2 N–H and O–H groups in total. The summed E-state index contributed by atoms with van der Waals surface area (Å²) >= 11 is 0. The zero-order chi connectivity index (χ0) is 17.3. The van der Waals surface area contributed by atoms with Gasteiger partial charge in [-0.05, 0) is 24.6 Å². The minimum absolute atomic E-state index is 0.0860. The topological polar surface area (TPSA) is 82.3 Å². The van der Waals surface area contributed by atoms with Gasteiger partial charge in [-0.2, -0.15) is 5.26 Å². The van der Waals surface area contributed by atoms with E-state index in [4.69, 9.17) is 4.74 Å². The van der Waals surface area contributed by atoms with E-state index in [2.05, 4.69) is 5.32 Å². The summed E-state index contributed by atoms with van der Waals surface area (Å²) in [6.07, 6.45) is 0. The second-order valence-corrected chi connectivity index (χ2v) is 5.62. The molecule has 24 heavy (non-hydrogen) atoms. The third-order valence-corrected chi connectivity index (χ3v) is 4.09. The van der Waals surface area contributed by atoms with Gasteiger partial charge < -0.3 is 15.2 Å². The normalized spacial score (nSPS) is 19.8. The Morgan fingerprint density at radius 2 is 1.75 bits per heavy atom. The fraction of sp³-hybridized carbons (Fsp3) is 0.158. The van der Waals surface area contributed by atoms with Crippen LogP contribution in [0.5, 0.6) is 5.75 Å². The number of aryl methyl sites for hydroxylation is 1. The van der Waals surface area contributed by atoms with Crippen molar-refractivity contribution >= 4 is 11.5 Å². The van der Waals surface area contributed by atoms with Crippen LogP contribution >= 0.6 is 0 Å². The maximum absolute atomic E-state index is 12.2. The minimum atomic E-state index is -1.76. The Morgan fingerprint density at radius 1 is 1.12 bits per heavy atom. The summed E-state index contributed by atoms with van der Waals surface area (Å²) < 4.78 is 5.12. The van der Waals surface area contributed by atoms with E-state index < -0.39 is 11.6 Å². The quantitative estimate of drug-likeness (QED) is 0.909. The highest BCUT2D eigenvalue weighted by Gasteiger charge is 2.46. The SMILES string of the molecule is COc1ccc(C2(O)NC(=O)C(C#N)=C2c2ccc(C)cc2)cc1. The van der Waals surface area contributed by atoms with Gasteiger partial charge in [0.1, 0.15) is 17.4 Å². The Balaban J connectivity index is 2.18. The average Bonchev–Trinajstić information content (AvgIpc) is 2.86. The van der Waals surface area contributed by atoms with Crippen LogP contribution in [-0.2, 0) is 10.5 Å². The molecule has 2 aromatic rings. The van der Waals surface area contributed by atoms with Crippen molar-refractivity contribution in [2.45, 2.75) is 12.6 Å². The number of carbonyl (C=O) groups excluding carboxylic acids is 1. The summed E-state index contributed by atoms with van der Waals surface area (Å²) in [6.45, 7) is 1.94. The van der Waals surface area contributed by atoms with Crippen molar-refractivity contribution in [3.8, 4) is 11.8 Å². The summed E-state index contributed by atoms with van der Waals surface area (Å²) in [5.74, 6) is 0.0411. The predicted molar refractivity (Wildman–Crippen MR) is 88.7 cm³/mol. The van der Waals surface area contributed by atoms with Crippen molar-refractivity contribution in [3.05, 3.63) is 70.8 Å². The number of methoxy groups -OCH3 is 1. The standard InChI is InChI=1S/C19H16N2O3/c1-12-3-5-13(6-4-12)17-16(11-20)18(22)21-19(17,23)14-7-9-15(24-2)10-8-14/h3-10,23H,1-2H3,(H,21,22). The van der Waals surface area contributed by atoms with Gasteiger partial charge in [0.15, 0.2) is 5.72 Å². The highest BCUT2D eigenvalue weighted by Crippen LogP contribution is 2.41. The summed E-state index contributed by atoms with van der Waals surface area (Å²) in [5.41, 5.74) is 0.538. The lowest BCUT2D eigenvalue weighted by molar-refractivity contribution is -0.120. The van der Waals surface area contributed by atoms with Crippen molar-refractivity contribution in [1.82, 2.24) is 5.32 Å². The first kappa shape index (κ1) is 15.8. The molecule has 1 amide bonds. The molecule has 2 aromatic carbocycles. The van der Waals surface area contributed by atoms with Crippen molar-refractivity contribution in [3.63, 3.8) is 0 Å². The van der Waals surface area contributed by atoms with Crippen LogP contribution in [0.4, 0.5) is 0 Å². The smallest absolute Gasteiger partial charge is 0.265 e. The van der Waals surface area contributed by atoms with E-state index in [0.29, 0.717) is 16.9 Å². The Hall–Kier alpha value is -3.10. The second-order valence-electron chi connectivity index (χ2n) is 5.62. The molecule has 1 aliphatic heterocycles. The maximum atomic E-state index is 12.2. The first-order chi connectivity index (χ1) is 11.5. The molecule has 1 aliphatic rings. The molecule has 0 saturated heterocycles. The number of rotatable bonds is 3. The summed E-state index contributed by atoms with van der Waals surface area (Å²) in [6, 6.07) is 15.9. The molecule has 0 aliphatic carbocycles. The molecule has 1 heterocycles. The van der Waals surface area contributed by atoms with Gasteiger partial charge in [0.25, 0.3) is 5.91 Å². The van der Waals surface area contributed by atoms with Gasteiger partial charge >= 0.3 is 0 Å². The molecular formula is C19H16N2O3. The lowest BCUT2D eigenvalue weighted by atomic mass is 9.88. The number of nitrogens with zero attached hydrogens (tertiary/aromatic N) is 1. The summed E-state index contributed by atoms with van der Waals surface area (Å²) in [5, 5.41) is 23.1. The van der Waals surface area contributed by atoms with E-state index in [0.717, 1.165) is 5.56 Å². The number of nitriles is 1. The Bertz CT molecular complexity index is 861. The monoisotopic (exact) mass is 320 g/mol. The van der Waals surface area contributed by atoms with Gasteiger partial charge in [-0.15, -0.1) is 0 Å². The largest absolute Gasteiger partial charge is 0.497 e. The zero-order valence-corrected chi connectivity index (χ0v) is 13.3. The molecule has 0 bridgehead atoms. The van der Waals surface area contributed by atoms with Crippen molar-refractivity contribution in [2.24, 2.45) is 0 Å². The minimum Gasteiger partial charge on any atom is -0.497 e. The first-order valence-electron chi connectivity index (χ1n) is 7.41. The van der Waals surface area contributed by atoms with Crippen molar-refractivity contribution in [1.29, 1.82) is 5.26 Å². The Morgan fingerprint density at radius 3 is 2.29 bits per heavy atom. The molecule has 5 nitrogen and oxygen atoms in total. The van der Waals surface area contributed by atoms with Gasteiger partial charge in [0.2, 0.25) is 0 Å². The number of carbonyl (C=O) groups is 1. The third kappa shape index (κ3) is 2.43. The van der Waals surface area contributed by atoms with Crippen LogP contribution in [0.15, 0.2) is 54.1 Å². The van der Waals surface area contributed by atoms with Crippen LogP contribution in [0.1, 0.15) is 16.7 Å². The van der Waals surface area contributed by atoms with Gasteiger partial charge in [-0.1, -0.05) is 42.0 Å². The number of benzene rings is 2. The maximum Gasteiger partial charge on any atom is 0.265 e. The van der Waals surface area contributed by atoms with Crippen LogP contribution in [0.2, 0.25) is 0 Å². The van der Waals surface area contributed by atoms with Crippen LogP contribution in [-0.4, -0.2) is 18.1 Å². The lowest BCUT2D eigenvalue weighted by Gasteiger charge is -2.27. The van der Waals surface area contributed by atoms with E-state index in [1.165, 1.54) is 0 Å². The van der Waals surface area contributed by atoms with Crippen LogP contribution in [0.25, 0.3) is 5.57 Å². The third-order valence-electron chi connectivity index (χ3n) is 4.09. The fourth-order valence-electron chi connectivity index (χ4n) is 2.81. The number of nitrogens with one attached hydrogen (secondary N) is 1. The zero-order valence-electron chi connectivity index (χ0n) is 13.3. The molecule has 1 unspecified atom stereocenters. The Kier molecular flexibility index (Phi) is 3.84. The molecule has 120 valence electrons. The highest BCUT2D eigenvalue weighted by molar-refractivity contribution is 6.11. The molecule has 1 atom stereocenters. The van der Waals surface area contributed by atoms with Gasteiger partial charge in [0, 0.05) is 11.1 Å². The number of amides is 1. The van der Waals surface area contributed by atoms with Crippen LogP contribution in [0.3, 0.4) is 0 Å².